The summed E-state index contributed by atoms with van der Waals surface area (Å²) < 4.78 is 0.584. The summed E-state index contributed by atoms with van der Waals surface area (Å²) in [7, 11) is 3.79. The van der Waals surface area contributed by atoms with E-state index in [9.17, 15) is 4.79 Å². The standard InChI is InChI=1S/C15H18N2OS2/c1-10(2)11-5-7-12(8-6-11)17-14(18)13(9-16(3)4)20-15(17)19/h5-10H,1-4H3/b13-9+. The fourth-order valence-electron chi connectivity index (χ4n) is 1.92. The topological polar surface area (TPSA) is 23.6 Å². The van der Waals surface area contributed by atoms with Gasteiger partial charge in [-0.2, -0.15) is 0 Å². The molecule has 1 aromatic carbocycles. The average molecular weight is 306 g/mol. The normalized spacial score (nSPS) is 17.4. The molecule has 0 atom stereocenters. The minimum Gasteiger partial charge on any atom is -0.382 e. The maximum absolute atomic E-state index is 12.4. The van der Waals surface area contributed by atoms with E-state index in [4.69, 9.17) is 12.2 Å². The number of carbonyl (C=O) groups is 1. The molecule has 1 amide bonds. The Balaban J connectivity index is 2.29. The van der Waals surface area contributed by atoms with E-state index in [1.165, 1.54) is 17.3 Å². The molecule has 3 nitrogen and oxygen atoms in total. The van der Waals surface area contributed by atoms with Crippen LogP contribution in [0.15, 0.2) is 35.4 Å². The molecule has 2 rings (SSSR count). The predicted molar refractivity (Wildman–Crippen MR) is 90.0 cm³/mol. The molecular formula is C15H18N2OS2. The van der Waals surface area contributed by atoms with Gasteiger partial charge in [-0.1, -0.05) is 50.0 Å². The van der Waals surface area contributed by atoms with Crippen LogP contribution >= 0.6 is 24.0 Å². The van der Waals surface area contributed by atoms with E-state index in [1.54, 1.807) is 4.90 Å². The zero-order chi connectivity index (χ0) is 14.9. The summed E-state index contributed by atoms with van der Waals surface area (Å²) >= 11 is 6.67. The Hall–Kier alpha value is -1.33. The summed E-state index contributed by atoms with van der Waals surface area (Å²) in [6.45, 7) is 4.29. The van der Waals surface area contributed by atoms with E-state index in [-0.39, 0.29) is 5.91 Å². The molecule has 0 spiro atoms. The Morgan fingerprint density at radius 2 is 1.85 bits per heavy atom. The molecule has 0 bridgehead atoms. The van der Waals surface area contributed by atoms with Crippen LogP contribution in [0.2, 0.25) is 0 Å². The third-order valence-corrected chi connectivity index (χ3v) is 4.28. The van der Waals surface area contributed by atoms with Gasteiger partial charge >= 0.3 is 0 Å². The number of thioether (sulfide) groups is 1. The third-order valence-electron chi connectivity index (χ3n) is 2.99. The van der Waals surface area contributed by atoms with Crippen LogP contribution in [0.1, 0.15) is 25.3 Å². The quantitative estimate of drug-likeness (QED) is 0.629. The molecule has 0 saturated carbocycles. The first-order valence-corrected chi connectivity index (χ1v) is 7.67. The first-order chi connectivity index (χ1) is 9.40. The summed E-state index contributed by atoms with van der Waals surface area (Å²) in [5.74, 6) is 0.426. The Kier molecular flexibility index (Phi) is 4.50. The highest BCUT2D eigenvalue weighted by Crippen LogP contribution is 2.35. The van der Waals surface area contributed by atoms with Crippen LogP contribution in [0.5, 0.6) is 0 Å². The van der Waals surface area contributed by atoms with Gasteiger partial charge < -0.3 is 4.90 Å². The molecule has 1 heterocycles. The number of anilines is 1. The fraction of sp³-hybridized carbons (Fsp3) is 0.333. The Morgan fingerprint density at radius 1 is 1.25 bits per heavy atom. The second kappa shape index (κ2) is 5.97. The lowest BCUT2D eigenvalue weighted by atomic mass is 10.0. The zero-order valence-electron chi connectivity index (χ0n) is 12.1. The van der Waals surface area contributed by atoms with E-state index < -0.39 is 0 Å². The lowest BCUT2D eigenvalue weighted by Crippen LogP contribution is -2.27. The molecule has 5 heteroatoms. The lowest BCUT2D eigenvalue weighted by Gasteiger charge is -2.15. The van der Waals surface area contributed by atoms with Gasteiger partial charge in [0, 0.05) is 20.3 Å². The van der Waals surface area contributed by atoms with E-state index >= 15 is 0 Å². The van der Waals surface area contributed by atoms with E-state index in [1.807, 2.05) is 49.5 Å². The average Bonchev–Trinajstić information content (AvgIpc) is 2.64. The second-order valence-corrected chi connectivity index (χ2v) is 6.89. The van der Waals surface area contributed by atoms with Crippen LogP contribution in [0.3, 0.4) is 0 Å². The molecule has 1 saturated heterocycles. The molecular weight excluding hydrogens is 288 g/mol. The summed E-state index contributed by atoms with van der Waals surface area (Å²) in [5.41, 5.74) is 2.09. The summed E-state index contributed by atoms with van der Waals surface area (Å²) in [6, 6.07) is 8.01. The van der Waals surface area contributed by atoms with Crippen molar-refractivity contribution < 1.29 is 4.79 Å². The highest BCUT2D eigenvalue weighted by Gasteiger charge is 2.33. The highest BCUT2D eigenvalue weighted by molar-refractivity contribution is 8.27. The van der Waals surface area contributed by atoms with Crippen LogP contribution in [-0.2, 0) is 4.79 Å². The first kappa shape index (κ1) is 15.1. The summed E-state index contributed by atoms with van der Waals surface area (Å²) in [4.78, 5) is 16.5. The van der Waals surface area contributed by atoms with Crippen molar-refractivity contribution in [1.82, 2.24) is 4.90 Å². The molecule has 0 radical (unpaired) electrons. The largest absolute Gasteiger partial charge is 0.382 e. The van der Waals surface area contributed by atoms with Crippen LogP contribution in [0, 0.1) is 0 Å². The third kappa shape index (κ3) is 3.04. The van der Waals surface area contributed by atoms with Gasteiger partial charge in [0.1, 0.15) is 0 Å². The van der Waals surface area contributed by atoms with Gasteiger partial charge in [0.2, 0.25) is 0 Å². The fourth-order valence-corrected chi connectivity index (χ4v) is 3.29. The van der Waals surface area contributed by atoms with Crippen LogP contribution < -0.4 is 4.90 Å². The molecule has 1 aromatic rings. The highest BCUT2D eigenvalue weighted by atomic mass is 32.2. The van der Waals surface area contributed by atoms with Crippen molar-refractivity contribution in [3.8, 4) is 0 Å². The molecule has 0 aliphatic carbocycles. The number of hydrogen-bond acceptors (Lipinski definition) is 4. The SMILES string of the molecule is CC(C)c1ccc(N2C(=O)/C(=C\N(C)C)SC2=S)cc1. The molecule has 1 fully saturated rings. The van der Waals surface area contributed by atoms with Gasteiger partial charge in [0.15, 0.2) is 4.32 Å². The minimum atomic E-state index is -0.0500. The Morgan fingerprint density at radius 3 is 2.35 bits per heavy atom. The molecule has 0 N–H and O–H groups in total. The van der Waals surface area contributed by atoms with Crippen molar-refractivity contribution in [2.75, 3.05) is 19.0 Å². The van der Waals surface area contributed by atoms with Crippen molar-refractivity contribution in [3.63, 3.8) is 0 Å². The number of nitrogens with zero attached hydrogens (tertiary/aromatic N) is 2. The molecule has 20 heavy (non-hydrogen) atoms. The number of hydrogen-bond donors (Lipinski definition) is 0. The van der Waals surface area contributed by atoms with Gasteiger partial charge in [-0.05, 0) is 23.6 Å². The van der Waals surface area contributed by atoms with Gasteiger partial charge in [0.05, 0.1) is 10.6 Å². The van der Waals surface area contributed by atoms with Gasteiger partial charge in [-0.3, -0.25) is 9.69 Å². The monoisotopic (exact) mass is 306 g/mol. The number of carbonyl (C=O) groups excluding carboxylic acids is 1. The van der Waals surface area contributed by atoms with Crippen LogP contribution in [0.25, 0.3) is 0 Å². The molecule has 0 unspecified atom stereocenters. The summed E-state index contributed by atoms with van der Waals surface area (Å²) in [5, 5.41) is 0. The predicted octanol–water partition coefficient (Wildman–Crippen LogP) is 3.58. The lowest BCUT2D eigenvalue weighted by molar-refractivity contribution is -0.113. The van der Waals surface area contributed by atoms with Crippen LogP contribution in [0.4, 0.5) is 5.69 Å². The van der Waals surface area contributed by atoms with Gasteiger partial charge in [-0.15, -0.1) is 0 Å². The number of amides is 1. The number of rotatable bonds is 3. The smallest absolute Gasteiger partial charge is 0.272 e. The number of benzene rings is 1. The van der Waals surface area contributed by atoms with Crippen molar-refractivity contribution in [2.45, 2.75) is 19.8 Å². The van der Waals surface area contributed by atoms with Crippen LogP contribution in [-0.4, -0.2) is 29.2 Å². The van der Waals surface area contributed by atoms with E-state index in [0.717, 1.165) is 5.69 Å². The van der Waals surface area contributed by atoms with Crippen molar-refractivity contribution >= 4 is 39.9 Å². The van der Waals surface area contributed by atoms with Crippen molar-refractivity contribution in [3.05, 3.63) is 40.9 Å². The summed E-state index contributed by atoms with van der Waals surface area (Å²) in [6.07, 6.45) is 1.81. The maximum atomic E-state index is 12.4. The molecule has 106 valence electrons. The maximum Gasteiger partial charge on any atom is 0.272 e. The Labute approximate surface area is 129 Å². The first-order valence-electron chi connectivity index (χ1n) is 6.44. The molecule has 0 aromatic heterocycles. The van der Waals surface area contributed by atoms with E-state index in [2.05, 4.69) is 13.8 Å². The molecule has 1 aliphatic rings. The molecule has 1 aliphatic heterocycles. The zero-order valence-corrected chi connectivity index (χ0v) is 13.7. The van der Waals surface area contributed by atoms with E-state index in [0.29, 0.717) is 15.1 Å². The van der Waals surface area contributed by atoms with Gasteiger partial charge in [0.25, 0.3) is 5.91 Å². The minimum absolute atomic E-state index is 0.0500. The van der Waals surface area contributed by atoms with Crippen molar-refractivity contribution in [1.29, 1.82) is 0 Å². The second-order valence-electron chi connectivity index (χ2n) is 5.21. The van der Waals surface area contributed by atoms with Gasteiger partial charge in [-0.25, -0.2) is 0 Å². The Bertz CT molecular complexity index is 562. The number of thiocarbonyl (C=S) groups is 1. The van der Waals surface area contributed by atoms with Crippen molar-refractivity contribution in [2.24, 2.45) is 0 Å².